The van der Waals surface area contributed by atoms with E-state index in [4.69, 9.17) is 0 Å². The van der Waals surface area contributed by atoms with E-state index in [-0.39, 0.29) is 5.82 Å². The van der Waals surface area contributed by atoms with Gasteiger partial charge in [-0.3, -0.25) is 0 Å². The third kappa shape index (κ3) is 5.31. The second kappa shape index (κ2) is 10.3. The monoisotopic (exact) mass is 522 g/mol. The first-order chi connectivity index (χ1) is 17.7. The summed E-state index contributed by atoms with van der Waals surface area (Å²) in [4.78, 5) is 9.39. The minimum Gasteiger partial charge on any atom is -0.377 e. The van der Waals surface area contributed by atoms with Crippen molar-refractivity contribution in [2.45, 2.75) is 22.6 Å². The molecule has 6 nitrogen and oxygen atoms in total. The Balaban J connectivity index is 1.35. The van der Waals surface area contributed by atoms with Crippen LogP contribution in [0.5, 0.6) is 0 Å². The van der Waals surface area contributed by atoms with Gasteiger partial charge in [0.25, 0.3) is 0 Å². The fraction of sp³-hybridized carbons (Fsp3) is 0.379. The molecule has 2 aliphatic rings. The number of likely N-dealkylation sites (N-methyl/N-ethyl adjacent to an activating group) is 1. The number of hydrogen-bond donors (Lipinski definition) is 0. The third-order valence-electron chi connectivity index (χ3n) is 7.56. The Kier molecular flexibility index (Phi) is 7.14. The molecular weight excluding hydrogens is 487 g/mol. The van der Waals surface area contributed by atoms with Crippen molar-refractivity contribution in [2.24, 2.45) is 0 Å². The second-order valence-corrected chi connectivity index (χ2v) is 12.2. The third-order valence-corrected chi connectivity index (χ3v) is 9.36. The molecule has 1 saturated heterocycles. The van der Waals surface area contributed by atoms with Crippen LogP contribution < -0.4 is 14.7 Å². The highest BCUT2D eigenvalue weighted by atomic mass is 32.2. The van der Waals surface area contributed by atoms with Gasteiger partial charge in [0, 0.05) is 64.7 Å². The lowest BCUT2D eigenvalue weighted by Crippen LogP contribution is -2.46. The number of rotatable bonds is 5. The topological polar surface area (TPSA) is 47.1 Å². The lowest BCUT2D eigenvalue weighted by molar-refractivity contribution is 0.352. The summed E-state index contributed by atoms with van der Waals surface area (Å²) >= 11 is 0. The molecule has 2 heterocycles. The van der Waals surface area contributed by atoms with Crippen LogP contribution in [0.2, 0.25) is 0 Å². The number of anilines is 3. The lowest BCUT2D eigenvalue weighted by atomic mass is 10.0. The van der Waals surface area contributed by atoms with Crippen LogP contribution in [0.3, 0.4) is 0 Å². The van der Waals surface area contributed by atoms with E-state index in [9.17, 15) is 12.8 Å². The van der Waals surface area contributed by atoms with Crippen LogP contribution in [0.1, 0.15) is 11.1 Å². The smallest absolute Gasteiger partial charge is 0.208 e. The minimum absolute atomic E-state index is 0.228. The standard InChI is InChI=1S/C29H35FN4O2S/c1-31(2)28-20-22-12-14-32(3)15-13-23(22)21-29(28)37(35,36)27-10-8-26(9-11-27)34-18-16-33(17-19-34)25-6-4-24(30)5-7-25/h4-11,20-21H,12-19H2,1-3H3. The van der Waals surface area contributed by atoms with Crippen molar-refractivity contribution in [3.63, 3.8) is 0 Å². The largest absolute Gasteiger partial charge is 0.377 e. The highest BCUT2D eigenvalue weighted by Crippen LogP contribution is 2.34. The molecule has 0 bridgehead atoms. The molecule has 0 unspecified atom stereocenters. The fourth-order valence-electron chi connectivity index (χ4n) is 5.26. The maximum Gasteiger partial charge on any atom is 0.208 e. The Labute approximate surface area is 219 Å². The highest BCUT2D eigenvalue weighted by molar-refractivity contribution is 7.91. The summed E-state index contributed by atoms with van der Waals surface area (Å²) < 4.78 is 40.9. The van der Waals surface area contributed by atoms with Gasteiger partial charge in [-0.25, -0.2) is 12.8 Å². The Bertz CT molecular complexity index is 1350. The van der Waals surface area contributed by atoms with Gasteiger partial charge in [0.2, 0.25) is 9.84 Å². The Morgan fingerprint density at radius 1 is 0.730 bits per heavy atom. The van der Waals surface area contributed by atoms with Crippen LogP contribution in [0.4, 0.5) is 21.5 Å². The predicted octanol–water partition coefficient (Wildman–Crippen LogP) is 4.08. The first-order valence-electron chi connectivity index (χ1n) is 12.8. The van der Waals surface area contributed by atoms with Crippen molar-refractivity contribution in [2.75, 3.05) is 75.1 Å². The number of sulfone groups is 1. The first kappa shape index (κ1) is 25.5. The fourth-order valence-corrected chi connectivity index (χ4v) is 6.82. The van der Waals surface area contributed by atoms with Crippen molar-refractivity contribution in [1.82, 2.24) is 4.90 Å². The summed E-state index contributed by atoms with van der Waals surface area (Å²) in [6.45, 7) is 5.17. The van der Waals surface area contributed by atoms with Crippen LogP contribution in [-0.2, 0) is 22.7 Å². The molecule has 0 atom stereocenters. The van der Waals surface area contributed by atoms with Crippen LogP contribution in [0.25, 0.3) is 0 Å². The number of nitrogens with zero attached hydrogens (tertiary/aromatic N) is 4. The van der Waals surface area contributed by atoms with Gasteiger partial charge in [-0.05, 0) is 91.7 Å². The summed E-state index contributed by atoms with van der Waals surface area (Å²) in [5.74, 6) is -0.228. The molecule has 0 radical (unpaired) electrons. The van der Waals surface area contributed by atoms with Crippen molar-refractivity contribution in [1.29, 1.82) is 0 Å². The zero-order chi connectivity index (χ0) is 26.2. The summed E-state index contributed by atoms with van der Waals surface area (Å²) in [5.41, 5.74) is 5.14. The molecule has 5 rings (SSSR count). The molecule has 3 aromatic carbocycles. The van der Waals surface area contributed by atoms with E-state index in [2.05, 4.69) is 27.8 Å². The average molecular weight is 523 g/mol. The molecule has 0 spiro atoms. The zero-order valence-corrected chi connectivity index (χ0v) is 22.6. The van der Waals surface area contributed by atoms with Crippen molar-refractivity contribution < 1.29 is 12.8 Å². The van der Waals surface area contributed by atoms with Crippen molar-refractivity contribution in [3.8, 4) is 0 Å². The molecule has 1 fully saturated rings. The zero-order valence-electron chi connectivity index (χ0n) is 21.8. The first-order valence-corrected chi connectivity index (χ1v) is 14.3. The molecule has 0 aliphatic carbocycles. The number of halogens is 1. The van der Waals surface area contributed by atoms with E-state index in [1.807, 2.05) is 49.3 Å². The van der Waals surface area contributed by atoms with Crippen LogP contribution in [-0.4, -0.2) is 73.7 Å². The van der Waals surface area contributed by atoms with E-state index in [0.29, 0.717) is 9.79 Å². The molecule has 37 heavy (non-hydrogen) atoms. The van der Waals surface area contributed by atoms with Gasteiger partial charge < -0.3 is 19.6 Å². The summed E-state index contributed by atoms with van der Waals surface area (Å²) in [7, 11) is 2.23. The number of hydrogen-bond acceptors (Lipinski definition) is 6. The van der Waals surface area contributed by atoms with Gasteiger partial charge in [-0.2, -0.15) is 0 Å². The van der Waals surface area contributed by atoms with E-state index in [1.165, 1.54) is 17.7 Å². The minimum atomic E-state index is -3.68. The Morgan fingerprint density at radius 2 is 1.22 bits per heavy atom. The molecule has 0 N–H and O–H groups in total. The van der Waals surface area contributed by atoms with E-state index >= 15 is 0 Å². The Morgan fingerprint density at radius 3 is 1.73 bits per heavy atom. The van der Waals surface area contributed by atoms with Crippen LogP contribution in [0.15, 0.2) is 70.5 Å². The Hall–Kier alpha value is -3.10. The normalized spacial score (nSPS) is 16.9. The lowest BCUT2D eigenvalue weighted by Gasteiger charge is -2.37. The predicted molar refractivity (Wildman–Crippen MR) is 148 cm³/mol. The molecule has 2 aliphatic heterocycles. The molecule has 0 aromatic heterocycles. The number of fused-ring (bicyclic) bond motifs is 1. The quantitative estimate of drug-likeness (QED) is 0.503. The van der Waals surface area contributed by atoms with E-state index in [1.54, 1.807) is 12.1 Å². The van der Waals surface area contributed by atoms with E-state index in [0.717, 1.165) is 74.7 Å². The second-order valence-electron chi connectivity index (χ2n) is 10.2. The summed E-state index contributed by atoms with van der Waals surface area (Å²) in [6.07, 6.45) is 1.78. The van der Waals surface area contributed by atoms with Gasteiger partial charge in [0.15, 0.2) is 0 Å². The van der Waals surface area contributed by atoms with Gasteiger partial charge in [0.1, 0.15) is 5.82 Å². The molecule has 8 heteroatoms. The number of benzene rings is 3. The van der Waals surface area contributed by atoms with Gasteiger partial charge in [-0.15, -0.1) is 0 Å². The molecular formula is C29H35FN4O2S. The molecule has 0 amide bonds. The SMILES string of the molecule is CN1CCc2cc(N(C)C)c(S(=O)(=O)c3ccc(N4CCN(c5ccc(F)cc5)CC4)cc3)cc2CC1. The number of piperazine rings is 1. The highest BCUT2D eigenvalue weighted by Gasteiger charge is 2.26. The molecule has 0 saturated carbocycles. The van der Waals surface area contributed by atoms with Gasteiger partial charge in [-0.1, -0.05) is 0 Å². The molecule has 3 aromatic rings. The maximum absolute atomic E-state index is 13.8. The van der Waals surface area contributed by atoms with E-state index < -0.39 is 9.84 Å². The summed E-state index contributed by atoms with van der Waals surface area (Å²) in [5, 5.41) is 0. The van der Waals surface area contributed by atoms with Gasteiger partial charge >= 0.3 is 0 Å². The summed E-state index contributed by atoms with van der Waals surface area (Å²) in [6, 6.07) is 17.9. The van der Waals surface area contributed by atoms with Crippen molar-refractivity contribution in [3.05, 3.63) is 77.6 Å². The molecule has 196 valence electrons. The van der Waals surface area contributed by atoms with Crippen molar-refractivity contribution >= 4 is 26.9 Å². The van der Waals surface area contributed by atoms with Crippen LogP contribution in [0, 0.1) is 5.82 Å². The van der Waals surface area contributed by atoms with Gasteiger partial charge in [0.05, 0.1) is 15.5 Å². The maximum atomic E-state index is 13.8. The average Bonchev–Trinajstić information content (AvgIpc) is 3.09. The van der Waals surface area contributed by atoms with Crippen LogP contribution >= 0.6 is 0 Å².